The van der Waals surface area contributed by atoms with Crippen LogP contribution in [0.4, 0.5) is 0 Å². The van der Waals surface area contributed by atoms with Crippen LogP contribution in [0.5, 0.6) is 0 Å². The maximum absolute atomic E-state index is 3.82. The Morgan fingerprint density at radius 1 is 1.32 bits per heavy atom. The lowest BCUT2D eigenvalue weighted by Gasteiger charge is -2.43. The zero-order valence-corrected chi connectivity index (χ0v) is 14.0. The molecule has 4 rings (SSSR count). The lowest BCUT2D eigenvalue weighted by molar-refractivity contribution is -0.968. The fourth-order valence-electron chi connectivity index (χ4n) is 5.09. The van der Waals surface area contributed by atoms with Crippen LogP contribution in [-0.4, -0.2) is 18.1 Å². The van der Waals surface area contributed by atoms with Gasteiger partial charge in [-0.2, -0.15) is 0 Å². The number of hydrogen-bond acceptors (Lipinski definition) is 0. The lowest BCUT2D eigenvalue weighted by Crippen LogP contribution is -3.19. The average molecular weight is 297 g/mol. The Balaban J connectivity index is 1.77. The van der Waals surface area contributed by atoms with Gasteiger partial charge in [0, 0.05) is 29.7 Å². The number of aromatic nitrogens is 1. The summed E-state index contributed by atoms with van der Waals surface area (Å²) in [6.45, 7) is 7.57. The SMILES string of the molecule is CCCC1CCC2(C)c3[nH]c4ccccc4c3CCC[NH+]2C1. The van der Waals surface area contributed by atoms with Crippen molar-refractivity contribution in [3.05, 3.63) is 35.5 Å². The van der Waals surface area contributed by atoms with Gasteiger partial charge < -0.3 is 9.88 Å². The molecule has 22 heavy (non-hydrogen) atoms. The Labute approximate surface area is 133 Å². The van der Waals surface area contributed by atoms with Gasteiger partial charge in [-0.25, -0.2) is 0 Å². The second kappa shape index (κ2) is 5.42. The standard InChI is InChI=1S/C20H28N2/c1-3-7-15-11-12-20(2)19-17(9-6-13-22(20)14-15)16-8-4-5-10-18(16)21-19/h4-5,8,10,15,21H,3,6-7,9,11-14H2,1-2H3/p+1. The summed E-state index contributed by atoms with van der Waals surface area (Å²) in [6, 6.07) is 8.90. The Hall–Kier alpha value is -1.28. The molecule has 3 heterocycles. The molecular weight excluding hydrogens is 268 g/mol. The fourth-order valence-corrected chi connectivity index (χ4v) is 5.09. The molecule has 2 aliphatic heterocycles. The highest BCUT2D eigenvalue weighted by Crippen LogP contribution is 2.36. The quantitative estimate of drug-likeness (QED) is 0.847. The van der Waals surface area contributed by atoms with E-state index >= 15 is 0 Å². The first kappa shape index (κ1) is 14.3. The van der Waals surface area contributed by atoms with Crippen LogP contribution in [0.2, 0.25) is 0 Å². The molecule has 3 atom stereocenters. The molecule has 2 N–H and O–H groups in total. The normalized spacial score (nSPS) is 31.5. The van der Waals surface area contributed by atoms with Crippen molar-refractivity contribution >= 4 is 10.9 Å². The van der Waals surface area contributed by atoms with Crippen LogP contribution in [0.1, 0.15) is 57.2 Å². The minimum atomic E-state index is 0.301. The second-order valence-electron chi connectivity index (χ2n) is 7.71. The molecule has 0 amide bonds. The van der Waals surface area contributed by atoms with Crippen molar-refractivity contribution < 1.29 is 4.90 Å². The van der Waals surface area contributed by atoms with Crippen LogP contribution in [0.15, 0.2) is 24.3 Å². The Kier molecular flexibility index (Phi) is 3.53. The molecule has 118 valence electrons. The summed E-state index contributed by atoms with van der Waals surface area (Å²) in [5.74, 6) is 0.944. The number of para-hydroxylation sites is 1. The number of aromatic amines is 1. The van der Waals surface area contributed by atoms with Gasteiger partial charge in [-0.15, -0.1) is 0 Å². The van der Waals surface area contributed by atoms with E-state index in [-0.39, 0.29) is 0 Å². The maximum Gasteiger partial charge on any atom is 0.136 e. The number of piperidine rings is 1. The zero-order valence-electron chi connectivity index (χ0n) is 14.0. The third-order valence-corrected chi connectivity index (χ3v) is 6.34. The molecule has 0 aliphatic carbocycles. The summed E-state index contributed by atoms with van der Waals surface area (Å²) in [6.07, 6.45) is 8.08. The average Bonchev–Trinajstić information content (AvgIpc) is 2.84. The highest BCUT2D eigenvalue weighted by Gasteiger charge is 2.46. The highest BCUT2D eigenvalue weighted by atomic mass is 15.2. The predicted octanol–water partition coefficient (Wildman–Crippen LogP) is 3.42. The maximum atomic E-state index is 3.82. The largest absolute Gasteiger partial charge is 0.353 e. The highest BCUT2D eigenvalue weighted by molar-refractivity contribution is 5.85. The fraction of sp³-hybridized carbons (Fsp3) is 0.600. The monoisotopic (exact) mass is 297 g/mol. The minimum absolute atomic E-state index is 0.301. The second-order valence-corrected chi connectivity index (χ2v) is 7.71. The number of rotatable bonds is 2. The summed E-state index contributed by atoms with van der Waals surface area (Å²) in [4.78, 5) is 5.66. The van der Waals surface area contributed by atoms with E-state index in [4.69, 9.17) is 0 Å². The van der Waals surface area contributed by atoms with Gasteiger partial charge in [0.2, 0.25) is 0 Å². The van der Waals surface area contributed by atoms with E-state index in [0.29, 0.717) is 5.54 Å². The van der Waals surface area contributed by atoms with Gasteiger partial charge >= 0.3 is 0 Å². The number of hydrogen-bond donors (Lipinski definition) is 2. The molecule has 2 aromatic rings. The van der Waals surface area contributed by atoms with Gasteiger partial charge in [0.05, 0.1) is 18.8 Å². The van der Waals surface area contributed by atoms with Gasteiger partial charge in [0.15, 0.2) is 0 Å². The lowest BCUT2D eigenvalue weighted by atomic mass is 9.79. The molecule has 3 unspecified atom stereocenters. The van der Waals surface area contributed by atoms with E-state index in [1.54, 1.807) is 11.3 Å². The van der Waals surface area contributed by atoms with E-state index < -0.39 is 0 Å². The number of aryl methyl sites for hydroxylation is 1. The third-order valence-electron chi connectivity index (χ3n) is 6.34. The molecule has 1 fully saturated rings. The van der Waals surface area contributed by atoms with Crippen LogP contribution in [0.3, 0.4) is 0 Å². The Morgan fingerprint density at radius 3 is 3.05 bits per heavy atom. The number of fused-ring (bicyclic) bond motifs is 5. The Bertz CT molecular complexity index is 671. The van der Waals surface area contributed by atoms with Crippen molar-refractivity contribution in [1.82, 2.24) is 4.98 Å². The first-order chi connectivity index (χ1) is 10.7. The molecule has 2 heteroatoms. The van der Waals surface area contributed by atoms with Gasteiger partial charge in [0.25, 0.3) is 0 Å². The van der Waals surface area contributed by atoms with E-state index in [9.17, 15) is 0 Å². The van der Waals surface area contributed by atoms with Crippen molar-refractivity contribution in [2.45, 2.75) is 57.9 Å². The number of benzene rings is 1. The summed E-state index contributed by atoms with van der Waals surface area (Å²) in [5.41, 5.74) is 4.80. The van der Waals surface area contributed by atoms with Crippen LogP contribution in [0.25, 0.3) is 10.9 Å². The number of nitrogens with one attached hydrogen (secondary N) is 2. The van der Waals surface area contributed by atoms with Gasteiger partial charge in [-0.05, 0) is 37.8 Å². The van der Waals surface area contributed by atoms with Crippen molar-refractivity contribution in [2.24, 2.45) is 5.92 Å². The van der Waals surface area contributed by atoms with Crippen LogP contribution in [-0.2, 0) is 12.0 Å². The topological polar surface area (TPSA) is 20.2 Å². The molecule has 1 saturated heterocycles. The summed E-state index contributed by atoms with van der Waals surface area (Å²) < 4.78 is 0. The van der Waals surface area contributed by atoms with Crippen LogP contribution >= 0.6 is 0 Å². The Morgan fingerprint density at radius 2 is 2.18 bits per heavy atom. The number of H-pyrrole nitrogens is 1. The molecule has 2 aliphatic rings. The molecule has 0 spiro atoms. The van der Waals surface area contributed by atoms with Crippen molar-refractivity contribution in [3.8, 4) is 0 Å². The molecule has 0 saturated carbocycles. The van der Waals surface area contributed by atoms with E-state index in [1.807, 2.05) is 4.90 Å². The van der Waals surface area contributed by atoms with Crippen molar-refractivity contribution in [3.63, 3.8) is 0 Å². The van der Waals surface area contributed by atoms with Gasteiger partial charge in [-0.3, -0.25) is 0 Å². The van der Waals surface area contributed by atoms with Gasteiger partial charge in [0.1, 0.15) is 5.54 Å². The summed E-state index contributed by atoms with van der Waals surface area (Å²) in [7, 11) is 0. The minimum Gasteiger partial charge on any atom is -0.353 e. The van der Waals surface area contributed by atoms with E-state index in [0.717, 1.165) is 5.92 Å². The van der Waals surface area contributed by atoms with E-state index in [1.165, 1.54) is 62.5 Å². The van der Waals surface area contributed by atoms with Crippen molar-refractivity contribution in [1.29, 1.82) is 0 Å². The summed E-state index contributed by atoms with van der Waals surface area (Å²) >= 11 is 0. The third kappa shape index (κ3) is 2.11. The zero-order chi connectivity index (χ0) is 15.2. The van der Waals surface area contributed by atoms with Crippen LogP contribution < -0.4 is 4.90 Å². The summed E-state index contributed by atoms with van der Waals surface area (Å²) in [5, 5.41) is 1.47. The molecule has 2 nitrogen and oxygen atoms in total. The molecule has 0 bridgehead atoms. The van der Waals surface area contributed by atoms with Crippen molar-refractivity contribution in [2.75, 3.05) is 13.1 Å². The molecule has 1 aromatic carbocycles. The first-order valence-corrected chi connectivity index (χ1v) is 9.17. The van der Waals surface area contributed by atoms with Gasteiger partial charge in [-0.1, -0.05) is 31.5 Å². The molecule has 0 radical (unpaired) electrons. The first-order valence-electron chi connectivity index (χ1n) is 9.17. The number of quaternary nitrogens is 1. The van der Waals surface area contributed by atoms with Crippen LogP contribution in [0, 0.1) is 5.92 Å². The predicted molar refractivity (Wildman–Crippen MR) is 92.3 cm³/mol. The molecule has 1 aromatic heterocycles. The van der Waals surface area contributed by atoms with E-state index in [2.05, 4.69) is 43.1 Å². The molecular formula is C20H29N2+. The smallest absolute Gasteiger partial charge is 0.136 e.